The number of guanidine groups is 1. The maximum atomic E-state index is 12.3. The molecule has 1 aromatic rings. The third-order valence-electron chi connectivity index (χ3n) is 5.96. The quantitative estimate of drug-likeness (QED) is 0.221. The van der Waals surface area contributed by atoms with Gasteiger partial charge in [-0.2, -0.15) is 0 Å². The van der Waals surface area contributed by atoms with Crippen LogP contribution in [-0.2, 0) is 4.79 Å². The summed E-state index contributed by atoms with van der Waals surface area (Å²) in [6, 6.07) is 4.87. The van der Waals surface area contributed by atoms with Gasteiger partial charge >= 0.3 is 0 Å². The molecule has 31 heavy (non-hydrogen) atoms. The van der Waals surface area contributed by atoms with Crippen molar-refractivity contribution in [3.8, 4) is 0 Å². The zero-order valence-electron chi connectivity index (χ0n) is 19.2. The second-order valence-electron chi connectivity index (χ2n) is 8.40. The third-order valence-corrected chi connectivity index (χ3v) is 6.89. The first-order valence-corrected chi connectivity index (χ1v) is 12.2. The topological polar surface area (TPSA) is 63.2 Å². The number of carbonyl (C=O) groups excluding carboxylic acids is 1. The predicted molar refractivity (Wildman–Crippen MR) is 142 cm³/mol. The van der Waals surface area contributed by atoms with Crippen molar-refractivity contribution >= 4 is 52.2 Å². The van der Waals surface area contributed by atoms with E-state index in [0.717, 1.165) is 77.3 Å². The lowest BCUT2D eigenvalue weighted by Crippen LogP contribution is -2.48. The summed E-state index contributed by atoms with van der Waals surface area (Å²) in [5.74, 6) is 1.16. The number of nitrogens with zero attached hydrogens (tertiary/aromatic N) is 4. The molecule has 9 heteroatoms. The highest BCUT2D eigenvalue weighted by molar-refractivity contribution is 14.0. The Kier molecular flexibility index (Phi) is 11.4. The molecule has 2 aliphatic rings. The molecule has 3 rings (SSSR count). The lowest BCUT2D eigenvalue weighted by atomic mass is 10.1. The maximum Gasteiger partial charge on any atom is 0.239 e. The summed E-state index contributed by atoms with van der Waals surface area (Å²) in [6.45, 7) is 7.90. The van der Waals surface area contributed by atoms with E-state index in [2.05, 4.69) is 44.9 Å². The van der Waals surface area contributed by atoms with Crippen LogP contribution in [0.3, 0.4) is 0 Å². The highest BCUT2D eigenvalue weighted by atomic mass is 127. The second kappa shape index (κ2) is 13.5. The summed E-state index contributed by atoms with van der Waals surface area (Å²) in [5, 5.41) is 10.6. The average molecular weight is 563 g/mol. The van der Waals surface area contributed by atoms with Gasteiger partial charge in [0.15, 0.2) is 5.96 Å². The van der Waals surface area contributed by atoms with Crippen molar-refractivity contribution in [2.24, 2.45) is 4.99 Å². The SMILES string of the molecule is CCNC(=NCCCN1CCCC1C(=O)N(C)C)NC1CCN(c2cccs2)CC1.I. The number of rotatable bonds is 8. The van der Waals surface area contributed by atoms with Gasteiger partial charge in [-0.05, 0) is 63.1 Å². The minimum absolute atomic E-state index is 0. The summed E-state index contributed by atoms with van der Waals surface area (Å²) in [6.07, 6.45) is 5.33. The number of nitrogens with one attached hydrogen (secondary N) is 2. The molecule has 0 saturated carbocycles. The van der Waals surface area contributed by atoms with Crippen LogP contribution in [-0.4, -0.2) is 87.1 Å². The number of hydrogen-bond donors (Lipinski definition) is 2. The summed E-state index contributed by atoms with van der Waals surface area (Å²) < 4.78 is 0. The molecule has 2 aliphatic heterocycles. The van der Waals surface area contributed by atoms with Crippen LogP contribution in [0.25, 0.3) is 0 Å². The standard InChI is InChI=1S/C22H38N6OS.HI/c1-4-23-22(25-18-10-15-28(16-11-18)20-9-6-17-30-20)24-12-7-14-27-13-5-8-19(27)21(29)26(2)3;/h6,9,17-19H,4-5,7-8,10-16H2,1-3H3,(H2,23,24,25);1H. The van der Waals surface area contributed by atoms with E-state index < -0.39 is 0 Å². The van der Waals surface area contributed by atoms with E-state index in [9.17, 15) is 4.79 Å². The molecule has 0 aliphatic carbocycles. The van der Waals surface area contributed by atoms with E-state index in [1.165, 1.54) is 5.00 Å². The lowest BCUT2D eigenvalue weighted by Gasteiger charge is -2.33. The van der Waals surface area contributed by atoms with Gasteiger partial charge in [0.2, 0.25) is 5.91 Å². The minimum atomic E-state index is 0. The van der Waals surface area contributed by atoms with Crippen LogP contribution in [0, 0.1) is 0 Å². The van der Waals surface area contributed by atoms with Gasteiger partial charge in [0.1, 0.15) is 0 Å². The average Bonchev–Trinajstić information content (AvgIpc) is 3.43. The molecule has 176 valence electrons. The van der Waals surface area contributed by atoms with Crippen LogP contribution in [0.2, 0.25) is 0 Å². The Hall–Kier alpha value is -1.07. The highest BCUT2D eigenvalue weighted by Gasteiger charge is 2.31. The number of halogens is 1. The third kappa shape index (κ3) is 7.78. The Morgan fingerprint density at radius 1 is 1.26 bits per heavy atom. The molecule has 1 amide bonds. The van der Waals surface area contributed by atoms with Crippen molar-refractivity contribution < 1.29 is 4.79 Å². The highest BCUT2D eigenvalue weighted by Crippen LogP contribution is 2.24. The number of aliphatic imine (C=N–C) groups is 1. The zero-order chi connectivity index (χ0) is 21.3. The summed E-state index contributed by atoms with van der Waals surface area (Å²) in [7, 11) is 3.70. The van der Waals surface area contributed by atoms with Crippen molar-refractivity contribution in [1.82, 2.24) is 20.4 Å². The molecule has 0 spiro atoms. The Labute approximate surface area is 208 Å². The van der Waals surface area contributed by atoms with Gasteiger partial charge < -0.3 is 20.4 Å². The molecule has 2 fully saturated rings. The largest absolute Gasteiger partial charge is 0.363 e. The molecule has 0 radical (unpaired) electrons. The van der Waals surface area contributed by atoms with Crippen molar-refractivity contribution in [3.05, 3.63) is 17.5 Å². The van der Waals surface area contributed by atoms with Gasteiger partial charge in [-0.15, -0.1) is 35.3 Å². The van der Waals surface area contributed by atoms with Gasteiger partial charge in [-0.3, -0.25) is 14.7 Å². The first kappa shape index (κ1) is 26.2. The molecule has 1 atom stereocenters. The van der Waals surface area contributed by atoms with E-state index in [0.29, 0.717) is 6.04 Å². The van der Waals surface area contributed by atoms with Crippen molar-refractivity contribution in [2.75, 3.05) is 58.3 Å². The monoisotopic (exact) mass is 562 g/mol. The molecular formula is C22H39IN6OS. The number of thiophene rings is 1. The van der Waals surface area contributed by atoms with E-state index in [4.69, 9.17) is 4.99 Å². The van der Waals surface area contributed by atoms with Gasteiger partial charge in [-0.1, -0.05) is 0 Å². The first-order valence-electron chi connectivity index (χ1n) is 11.4. The molecule has 2 N–H and O–H groups in total. The lowest BCUT2D eigenvalue weighted by molar-refractivity contribution is -0.133. The number of piperidine rings is 1. The molecule has 1 aromatic heterocycles. The van der Waals surface area contributed by atoms with Crippen molar-refractivity contribution in [3.63, 3.8) is 0 Å². The fourth-order valence-corrected chi connectivity index (χ4v) is 5.13. The first-order chi connectivity index (χ1) is 14.6. The van der Waals surface area contributed by atoms with E-state index in [-0.39, 0.29) is 35.9 Å². The fraction of sp³-hybridized carbons (Fsp3) is 0.727. The summed E-state index contributed by atoms with van der Waals surface area (Å²) in [4.78, 5) is 23.7. The van der Waals surface area contributed by atoms with Crippen LogP contribution in [0.1, 0.15) is 39.0 Å². The van der Waals surface area contributed by atoms with Gasteiger partial charge in [0.25, 0.3) is 0 Å². The molecular weight excluding hydrogens is 523 g/mol. The molecule has 0 aromatic carbocycles. The van der Waals surface area contributed by atoms with E-state index >= 15 is 0 Å². The van der Waals surface area contributed by atoms with Gasteiger partial charge in [0, 0.05) is 52.9 Å². The Morgan fingerprint density at radius 3 is 2.68 bits per heavy atom. The minimum Gasteiger partial charge on any atom is -0.363 e. The number of hydrogen-bond acceptors (Lipinski definition) is 5. The van der Waals surface area contributed by atoms with E-state index in [1.54, 1.807) is 4.90 Å². The van der Waals surface area contributed by atoms with Gasteiger partial charge in [-0.25, -0.2) is 0 Å². The normalized spacial score (nSPS) is 20.4. The van der Waals surface area contributed by atoms with Crippen LogP contribution < -0.4 is 15.5 Å². The second-order valence-corrected chi connectivity index (χ2v) is 9.32. The van der Waals surface area contributed by atoms with Crippen LogP contribution >= 0.6 is 35.3 Å². The van der Waals surface area contributed by atoms with E-state index in [1.807, 2.05) is 25.4 Å². The van der Waals surface area contributed by atoms with Gasteiger partial charge in [0.05, 0.1) is 11.0 Å². The number of anilines is 1. The van der Waals surface area contributed by atoms with Crippen molar-refractivity contribution in [2.45, 2.75) is 51.1 Å². The summed E-state index contributed by atoms with van der Waals surface area (Å²) in [5.41, 5.74) is 0. The predicted octanol–water partition coefficient (Wildman–Crippen LogP) is 2.83. The number of amides is 1. The molecule has 3 heterocycles. The number of likely N-dealkylation sites (tertiary alicyclic amines) is 1. The Bertz CT molecular complexity index is 676. The maximum absolute atomic E-state index is 12.3. The molecule has 1 unspecified atom stereocenters. The number of carbonyl (C=O) groups is 1. The Balaban J connectivity index is 0.00000341. The van der Waals surface area contributed by atoms with Crippen LogP contribution in [0.15, 0.2) is 22.5 Å². The van der Waals surface area contributed by atoms with Crippen LogP contribution in [0.4, 0.5) is 5.00 Å². The molecule has 7 nitrogen and oxygen atoms in total. The number of likely N-dealkylation sites (N-methyl/N-ethyl adjacent to an activating group) is 1. The van der Waals surface area contributed by atoms with Crippen LogP contribution in [0.5, 0.6) is 0 Å². The molecule has 2 saturated heterocycles. The Morgan fingerprint density at radius 2 is 2.03 bits per heavy atom. The molecule has 0 bridgehead atoms. The summed E-state index contributed by atoms with van der Waals surface area (Å²) >= 11 is 1.82. The fourth-order valence-electron chi connectivity index (χ4n) is 4.34. The zero-order valence-corrected chi connectivity index (χ0v) is 22.3. The smallest absolute Gasteiger partial charge is 0.239 e. The van der Waals surface area contributed by atoms with Crippen molar-refractivity contribution in [1.29, 1.82) is 0 Å².